The third kappa shape index (κ3) is 7.39. The van der Waals surface area contributed by atoms with Crippen LogP contribution in [0, 0.1) is 6.92 Å². The van der Waals surface area contributed by atoms with Gasteiger partial charge in [-0.2, -0.15) is 10.2 Å². The lowest BCUT2D eigenvalue weighted by Gasteiger charge is -2.11. The van der Waals surface area contributed by atoms with Gasteiger partial charge in [-0.1, -0.05) is 24.3 Å². The van der Waals surface area contributed by atoms with Gasteiger partial charge in [-0.15, -0.1) is 0 Å². The molecular weight excluding hydrogens is 496 g/mol. The zero-order valence-corrected chi connectivity index (χ0v) is 21.5. The highest BCUT2D eigenvalue weighted by Gasteiger charge is 2.07. The van der Waals surface area contributed by atoms with Crippen molar-refractivity contribution in [3.05, 3.63) is 77.4 Å². The van der Waals surface area contributed by atoms with Gasteiger partial charge in [0.1, 0.15) is 17.2 Å². The molecule has 0 heterocycles. The maximum atomic E-state index is 10.7. The first-order chi connectivity index (χ1) is 17.4. The van der Waals surface area contributed by atoms with Gasteiger partial charge in [-0.25, -0.2) is 0 Å². The van der Waals surface area contributed by atoms with Crippen molar-refractivity contribution in [2.75, 3.05) is 24.9 Å². The maximum Gasteiger partial charge on any atom is 0.191 e. The van der Waals surface area contributed by atoms with Gasteiger partial charge in [0.25, 0.3) is 0 Å². The molecule has 0 fully saturated rings. The molecule has 3 rings (SSSR count). The van der Waals surface area contributed by atoms with Gasteiger partial charge in [-0.3, -0.25) is 10.9 Å². The number of phenols is 1. The average Bonchev–Trinajstić information content (AvgIpc) is 2.87. The van der Waals surface area contributed by atoms with E-state index < -0.39 is 0 Å². The zero-order chi connectivity index (χ0) is 25.9. The maximum absolute atomic E-state index is 10.7. The van der Waals surface area contributed by atoms with Crippen LogP contribution in [-0.2, 0) is 0 Å². The van der Waals surface area contributed by atoms with Crippen LogP contribution in [0.2, 0.25) is 0 Å². The molecule has 0 unspecified atom stereocenters. The van der Waals surface area contributed by atoms with Crippen molar-refractivity contribution in [1.82, 2.24) is 10.9 Å². The first kappa shape index (κ1) is 26.4. The second-order valence-electron chi connectivity index (χ2n) is 7.34. The first-order valence-electron chi connectivity index (χ1n) is 10.7. The molecule has 0 aliphatic carbocycles. The quantitative estimate of drug-likeness (QED) is 0.167. The fourth-order valence-corrected chi connectivity index (χ4v) is 3.47. The summed E-state index contributed by atoms with van der Waals surface area (Å²) < 4.78 is 10.6. The van der Waals surface area contributed by atoms with Gasteiger partial charge >= 0.3 is 0 Å². The summed E-state index contributed by atoms with van der Waals surface area (Å²) in [7, 11) is 3.16. The number of nitrogens with zero attached hydrogens (tertiary/aromatic N) is 2. The third-order valence-electron chi connectivity index (χ3n) is 4.76. The van der Waals surface area contributed by atoms with E-state index in [2.05, 4.69) is 31.7 Å². The number of hydrogen-bond donors (Lipinski definition) is 5. The summed E-state index contributed by atoms with van der Waals surface area (Å²) in [5.41, 5.74) is 8.74. The molecule has 36 heavy (non-hydrogen) atoms. The number of hydrazone groups is 2. The molecule has 3 aromatic rings. The Hall–Kier alpha value is -4.22. The van der Waals surface area contributed by atoms with Crippen LogP contribution < -0.4 is 31.0 Å². The van der Waals surface area contributed by atoms with Crippen LogP contribution in [0.15, 0.2) is 70.9 Å². The second kappa shape index (κ2) is 13.0. The number of aryl methyl sites for hydroxylation is 1. The molecule has 0 atom stereocenters. The van der Waals surface area contributed by atoms with Gasteiger partial charge in [0.05, 0.1) is 38.0 Å². The molecule has 0 aromatic heterocycles. The fraction of sp³-hybridized carbons (Fsp3) is 0.120. The molecule has 0 spiro atoms. The lowest BCUT2D eigenvalue weighted by atomic mass is 10.1. The smallest absolute Gasteiger partial charge is 0.191 e. The van der Waals surface area contributed by atoms with Gasteiger partial charge in [0.15, 0.2) is 10.2 Å². The minimum atomic E-state index is 0.00362. The molecule has 0 bridgehead atoms. The predicted octanol–water partition coefficient (Wildman–Crippen LogP) is 4.36. The molecule has 0 amide bonds. The van der Waals surface area contributed by atoms with Crippen LogP contribution in [0.5, 0.6) is 17.2 Å². The van der Waals surface area contributed by atoms with Crippen molar-refractivity contribution >= 4 is 58.5 Å². The topological polar surface area (TPSA) is 112 Å². The summed E-state index contributed by atoms with van der Waals surface area (Å²) >= 11 is 10.6. The number of ether oxygens (including phenoxy) is 2. The van der Waals surface area contributed by atoms with E-state index in [0.717, 1.165) is 5.56 Å². The molecule has 0 radical (unpaired) electrons. The Kier molecular flexibility index (Phi) is 9.55. The molecular formula is C25H26N6O3S2. The third-order valence-corrected chi connectivity index (χ3v) is 5.15. The SMILES string of the molecule is COc1ccccc1NC(=S)NN=Cc1cc(C)cc(/C=N\NC(=S)Nc2ccccc2OC)c1O. The molecule has 5 N–H and O–H groups in total. The molecule has 0 aliphatic heterocycles. The van der Waals surface area contributed by atoms with E-state index in [-0.39, 0.29) is 16.0 Å². The number of anilines is 2. The van der Waals surface area contributed by atoms with Crippen LogP contribution in [0.25, 0.3) is 0 Å². The molecule has 186 valence electrons. The monoisotopic (exact) mass is 522 g/mol. The van der Waals surface area contributed by atoms with Crippen molar-refractivity contribution in [2.45, 2.75) is 6.92 Å². The Balaban J connectivity index is 1.61. The minimum absolute atomic E-state index is 0.00362. The summed E-state index contributed by atoms with van der Waals surface area (Å²) in [6.45, 7) is 1.90. The molecule has 0 aliphatic rings. The molecule has 0 saturated heterocycles. The number of rotatable bonds is 8. The Morgan fingerprint density at radius 2 is 1.19 bits per heavy atom. The van der Waals surface area contributed by atoms with E-state index >= 15 is 0 Å². The summed E-state index contributed by atoms with van der Waals surface area (Å²) in [5.74, 6) is 1.30. The van der Waals surface area contributed by atoms with Crippen LogP contribution >= 0.6 is 24.4 Å². The highest BCUT2D eigenvalue weighted by molar-refractivity contribution is 7.80. The van der Waals surface area contributed by atoms with E-state index in [0.29, 0.717) is 34.0 Å². The van der Waals surface area contributed by atoms with Crippen molar-refractivity contribution in [3.8, 4) is 17.2 Å². The lowest BCUT2D eigenvalue weighted by Crippen LogP contribution is -2.24. The fourth-order valence-electron chi connectivity index (χ4n) is 3.15. The van der Waals surface area contributed by atoms with E-state index in [1.54, 1.807) is 26.4 Å². The normalized spacial score (nSPS) is 10.8. The molecule has 11 heteroatoms. The summed E-state index contributed by atoms with van der Waals surface area (Å²) in [6.07, 6.45) is 2.94. The number of para-hydroxylation sites is 4. The van der Waals surface area contributed by atoms with Crippen LogP contribution in [0.3, 0.4) is 0 Å². The van der Waals surface area contributed by atoms with Crippen molar-refractivity contribution in [1.29, 1.82) is 0 Å². The molecule has 3 aromatic carbocycles. The van der Waals surface area contributed by atoms with Crippen molar-refractivity contribution < 1.29 is 14.6 Å². The number of aromatic hydroxyl groups is 1. The lowest BCUT2D eigenvalue weighted by molar-refractivity contribution is 0.417. The molecule has 9 nitrogen and oxygen atoms in total. The van der Waals surface area contributed by atoms with Gasteiger partial charge in [0.2, 0.25) is 0 Å². The predicted molar refractivity (Wildman–Crippen MR) is 153 cm³/mol. The zero-order valence-electron chi connectivity index (χ0n) is 19.9. The average molecular weight is 523 g/mol. The van der Waals surface area contributed by atoms with Gasteiger partial charge in [0, 0.05) is 11.1 Å². The van der Waals surface area contributed by atoms with E-state index in [4.69, 9.17) is 33.9 Å². The van der Waals surface area contributed by atoms with Crippen molar-refractivity contribution in [3.63, 3.8) is 0 Å². The largest absolute Gasteiger partial charge is 0.507 e. The number of benzene rings is 3. The van der Waals surface area contributed by atoms with Crippen LogP contribution in [-0.4, -0.2) is 42.0 Å². The minimum Gasteiger partial charge on any atom is -0.507 e. The molecule has 0 saturated carbocycles. The van der Waals surface area contributed by atoms with Crippen LogP contribution in [0.1, 0.15) is 16.7 Å². The van der Waals surface area contributed by atoms with E-state index in [1.807, 2.05) is 55.5 Å². The van der Waals surface area contributed by atoms with Crippen molar-refractivity contribution in [2.24, 2.45) is 10.2 Å². The highest BCUT2D eigenvalue weighted by atomic mass is 32.1. The number of phenolic OH excluding ortho intramolecular Hbond substituents is 1. The number of methoxy groups -OCH3 is 2. The standard InChI is InChI=1S/C25H26N6O3S2/c1-16-12-17(14-26-30-24(35)28-19-8-4-6-10-21(19)33-2)23(32)18(13-16)15-27-31-25(36)29-20-9-5-7-11-22(20)34-3/h4-15,32H,1-3H3,(H2,28,30,35)(H2,29,31,36)/b26-14-,27-15?. The highest BCUT2D eigenvalue weighted by Crippen LogP contribution is 2.24. The van der Waals surface area contributed by atoms with Gasteiger partial charge < -0.3 is 25.2 Å². The summed E-state index contributed by atoms with van der Waals surface area (Å²) in [6, 6.07) is 18.3. The number of thiocarbonyl (C=S) groups is 2. The Morgan fingerprint density at radius 1 is 0.778 bits per heavy atom. The first-order valence-corrected chi connectivity index (χ1v) is 11.5. The summed E-state index contributed by atoms with van der Waals surface area (Å²) in [4.78, 5) is 0. The van der Waals surface area contributed by atoms with Crippen LogP contribution in [0.4, 0.5) is 11.4 Å². The Bertz CT molecular complexity index is 1200. The van der Waals surface area contributed by atoms with E-state index in [9.17, 15) is 5.11 Å². The number of nitrogens with one attached hydrogen (secondary N) is 4. The number of hydrogen-bond acceptors (Lipinski definition) is 7. The summed E-state index contributed by atoms with van der Waals surface area (Å²) in [5, 5.41) is 25.5. The Labute approximate surface area is 220 Å². The second-order valence-corrected chi connectivity index (χ2v) is 8.16. The van der Waals surface area contributed by atoms with E-state index in [1.165, 1.54) is 12.4 Å². The van der Waals surface area contributed by atoms with Gasteiger partial charge in [-0.05, 0) is 73.3 Å². The Morgan fingerprint density at radius 3 is 1.61 bits per heavy atom.